The molecule has 22 heavy (non-hydrogen) atoms. The van der Waals surface area contributed by atoms with E-state index in [0.29, 0.717) is 0 Å². The highest BCUT2D eigenvalue weighted by Crippen LogP contribution is 2.18. The molecule has 1 aliphatic heterocycles. The van der Waals surface area contributed by atoms with Crippen LogP contribution in [0.25, 0.3) is 0 Å². The number of benzene rings is 1. The summed E-state index contributed by atoms with van der Waals surface area (Å²) in [6.45, 7) is 0. The normalized spacial score (nSPS) is 19.5. The fourth-order valence-electron chi connectivity index (χ4n) is 2.15. The van der Waals surface area contributed by atoms with Crippen LogP contribution in [0, 0.1) is 10.1 Å². The number of rotatable bonds is 4. The molecule has 1 fully saturated rings. The second-order valence-electron chi connectivity index (χ2n) is 4.90. The first-order valence-electron chi connectivity index (χ1n) is 6.22. The highest BCUT2D eigenvalue weighted by Gasteiger charge is 2.29. The van der Waals surface area contributed by atoms with Crippen molar-refractivity contribution in [2.24, 2.45) is 0 Å². The number of carbonyl (C=O) groups is 2. The number of hydrogen-bond acceptors (Lipinski definition) is 6. The summed E-state index contributed by atoms with van der Waals surface area (Å²) in [6.07, 6.45) is 0.259. The number of aromatic carboxylic acids is 1. The van der Waals surface area contributed by atoms with E-state index in [4.69, 9.17) is 5.11 Å². The molecule has 0 spiro atoms. The molecule has 9 nitrogen and oxygen atoms in total. The van der Waals surface area contributed by atoms with Gasteiger partial charge in [-0.3, -0.25) is 14.9 Å². The average Bonchev–Trinajstić information content (AvgIpc) is 2.77. The van der Waals surface area contributed by atoms with E-state index in [1.54, 1.807) is 0 Å². The van der Waals surface area contributed by atoms with Gasteiger partial charge in [-0.1, -0.05) is 0 Å². The summed E-state index contributed by atoms with van der Waals surface area (Å²) in [4.78, 5) is 33.0. The molecule has 1 amide bonds. The Hall–Kier alpha value is -2.49. The molecular weight excluding hydrogens is 316 g/mol. The Labute approximate surface area is 125 Å². The molecule has 118 valence electrons. The molecule has 1 aliphatic rings. The minimum atomic E-state index is -3.18. The number of nitro benzene ring substituents is 1. The van der Waals surface area contributed by atoms with Crippen molar-refractivity contribution in [1.29, 1.82) is 0 Å². The minimum absolute atomic E-state index is 0.0345. The van der Waals surface area contributed by atoms with Crippen LogP contribution in [-0.2, 0) is 9.84 Å². The van der Waals surface area contributed by atoms with Crippen LogP contribution in [0.15, 0.2) is 18.2 Å². The van der Waals surface area contributed by atoms with Crippen molar-refractivity contribution in [1.82, 2.24) is 5.32 Å². The van der Waals surface area contributed by atoms with E-state index in [9.17, 15) is 28.1 Å². The summed E-state index contributed by atoms with van der Waals surface area (Å²) < 4.78 is 22.7. The number of nitrogens with zero attached hydrogens (tertiary/aromatic N) is 1. The van der Waals surface area contributed by atoms with Crippen molar-refractivity contribution >= 4 is 27.4 Å². The van der Waals surface area contributed by atoms with Crippen molar-refractivity contribution in [3.05, 3.63) is 39.4 Å². The molecule has 0 saturated carbocycles. The number of carbonyl (C=O) groups excluding carboxylic acids is 1. The molecule has 1 saturated heterocycles. The number of hydrogen-bond donors (Lipinski definition) is 2. The van der Waals surface area contributed by atoms with E-state index >= 15 is 0 Å². The van der Waals surface area contributed by atoms with Crippen LogP contribution in [0.2, 0.25) is 0 Å². The van der Waals surface area contributed by atoms with Crippen molar-refractivity contribution in [2.75, 3.05) is 11.5 Å². The number of non-ortho nitro benzene ring substituents is 1. The minimum Gasteiger partial charge on any atom is -0.478 e. The van der Waals surface area contributed by atoms with Gasteiger partial charge < -0.3 is 10.4 Å². The molecular formula is C12H12N2O7S. The largest absolute Gasteiger partial charge is 0.478 e. The maximum Gasteiger partial charge on any atom is 0.335 e. The van der Waals surface area contributed by atoms with Crippen LogP contribution in [0.5, 0.6) is 0 Å². The smallest absolute Gasteiger partial charge is 0.335 e. The van der Waals surface area contributed by atoms with Gasteiger partial charge in [0.05, 0.1) is 22.0 Å². The van der Waals surface area contributed by atoms with Gasteiger partial charge in [0.15, 0.2) is 9.84 Å². The number of carboxylic acid groups (broad SMARTS) is 1. The summed E-state index contributed by atoms with van der Waals surface area (Å²) in [5.41, 5.74) is -1.11. The highest BCUT2D eigenvalue weighted by molar-refractivity contribution is 7.91. The predicted molar refractivity (Wildman–Crippen MR) is 74.6 cm³/mol. The number of nitrogens with one attached hydrogen (secondary N) is 1. The van der Waals surface area contributed by atoms with Gasteiger partial charge in [-0.2, -0.15) is 0 Å². The van der Waals surface area contributed by atoms with Gasteiger partial charge >= 0.3 is 5.97 Å². The summed E-state index contributed by atoms with van der Waals surface area (Å²) in [7, 11) is -3.18. The molecule has 1 aromatic rings. The van der Waals surface area contributed by atoms with Crippen LogP contribution < -0.4 is 5.32 Å². The van der Waals surface area contributed by atoms with Crippen molar-refractivity contribution in [2.45, 2.75) is 12.5 Å². The molecule has 0 bridgehead atoms. The lowest BCUT2D eigenvalue weighted by Gasteiger charge is -2.11. The molecule has 2 rings (SSSR count). The first-order valence-corrected chi connectivity index (χ1v) is 8.04. The van der Waals surface area contributed by atoms with Gasteiger partial charge in [-0.05, 0) is 12.5 Å². The summed E-state index contributed by atoms with van der Waals surface area (Å²) in [6, 6.07) is 2.23. The van der Waals surface area contributed by atoms with Crippen LogP contribution in [0.4, 0.5) is 5.69 Å². The second kappa shape index (κ2) is 5.72. The third-order valence-corrected chi connectivity index (χ3v) is 4.97. The molecule has 1 unspecified atom stereocenters. The topological polar surface area (TPSA) is 144 Å². The molecule has 10 heteroatoms. The van der Waals surface area contributed by atoms with E-state index in [2.05, 4.69) is 5.32 Å². The van der Waals surface area contributed by atoms with E-state index in [1.165, 1.54) is 0 Å². The van der Waals surface area contributed by atoms with Gasteiger partial charge in [0.2, 0.25) is 0 Å². The number of amides is 1. The Morgan fingerprint density at radius 3 is 2.41 bits per heavy atom. The zero-order valence-electron chi connectivity index (χ0n) is 11.2. The Balaban J connectivity index is 2.25. The Morgan fingerprint density at radius 2 is 1.91 bits per heavy atom. The zero-order chi connectivity index (χ0) is 16.5. The number of nitro groups is 1. The van der Waals surface area contributed by atoms with Crippen LogP contribution in [0.1, 0.15) is 27.1 Å². The maximum absolute atomic E-state index is 12.0. The van der Waals surface area contributed by atoms with Gasteiger partial charge in [0, 0.05) is 23.7 Å². The van der Waals surface area contributed by atoms with Crippen molar-refractivity contribution < 1.29 is 28.0 Å². The summed E-state index contributed by atoms with van der Waals surface area (Å²) in [5, 5.41) is 22.1. The third-order valence-electron chi connectivity index (χ3n) is 3.21. The first kappa shape index (κ1) is 15.9. The average molecular weight is 328 g/mol. The predicted octanol–water partition coefficient (Wildman–Crippen LogP) is 0.210. The second-order valence-corrected chi connectivity index (χ2v) is 7.13. The van der Waals surface area contributed by atoms with Crippen LogP contribution in [-0.4, -0.2) is 47.9 Å². The molecule has 1 aromatic carbocycles. The molecule has 0 aliphatic carbocycles. The third kappa shape index (κ3) is 3.58. The zero-order valence-corrected chi connectivity index (χ0v) is 12.0. The Kier molecular flexibility index (Phi) is 4.13. The van der Waals surface area contributed by atoms with Gasteiger partial charge in [-0.25, -0.2) is 13.2 Å². The summed E-state index contributed by atoms with van der Waals surface area (Å²) >= 11 is 0. The van der Waals surface area contributed by atoms with Gasteiger partial charge in [0.1, 0.15) is 0 Å². The molecule has 0 aromatic heterocycles. The molecule has 0 radical (unpaired) electrons. The van der Waals surface area contributed by atoms with E-state index in [-0.39, 0.29) is 23.5 Å². The highest BCUT2D eigenvalue weighted by atomic mass is 32.2. The summed E-state index contributed by atoms with van der Waals surface area (Å²) in [5.74, 6) is -2.37. The van der Waals surface area contributed by atoms with Gasteiger partial charge in [-0.15, -0.1) is 0 Å². The van der Waals surface area contributed by atoms with E-state index in [1.807, 2.05) is 0 Å². The lowest BCUT2D eigenvalue weighted by atomic mass is 10.1. The lowest BCUT2D eigenvalue weighted by molar-refractivity contribution is -0.384. The van der Waals surface area contributed by atoms with Gasteiger partial charge in [0.25, 0.3) is 11.6 Å². The van der Waals surface area contributed by atoms with Crippen molar-refractivity contribution in [3.63, 3.8) is 0 Å². The number of sulfone groups is 1. The van der Waals surface area contributed by atoms with Crippen molar-refractivity contribution in [3.8, 4) is 0 Å². The number of carboxylic acids is 1. The Bertz CT molecular complexity index is 724. The maximum atomic E-state index is 12.0. The molecule has 1 atom stereocenters. The van der Waals surface area contributed by atoms with Crippen LogP contribution >= 0.6 is 0 Å². The standard InChI is InChI=1S/C12H12N2O7S/c15-11(13-9-1-2-22(20,21)6-9)7-3-8(12(16)17)5-10(4-7)14(18)19/h3-5,9H,1-2,6H2,(H,13,15)(H,16,17). The SMILES string of the molecule is O=C(O)c1cc(C(=O)NC2CCS(=O)(=O)C2)cc([N+](=O)[O-])c1. The van der Waals surface area contributed by atoms with E-state index < -0.39 is 43.9 Å². The van der Waals surface area contributed by atoms with E-state index in [0.717, 1.165) is 18.2 Å². The Morgan fingerprint density at radius 1 is 1.27 bits per heavy atom. The lowest BCUT2D eigenvalue weighted by Crippen LogP contribution is -2.35. The quantitative estimate of drug-likeness (QED) is 0.593. The van der Waals surface area contributed by atoms with Crippen LogP contribution in [0.3, 0.4) is 0 Å². The fraction of sp³-hybridized carbons (Fsp3) is 0.333. The molecule has 2 N–H and O–H groups in total. The monoisotopic (exact) mass is 328 g/mol. The molecule has 1 heterocycles. The fourth-order valence-corrected chi connectivity index (χ4v) is 3.82. The first-order chi connectivity index (χ1) is 10.2.